The van der Waals surface area contributed by atoms with E-state index in [0.717, 1.165) is 77.0 Å². The van der Waals surface area contributed by atoms with Gasteiger partial charge in [-0.3, -0.25) is 4.79 Å². The molecule has 3 fully saturated rings. The first-order chi connectivity index (χ1) is 52.3. The van der Waals surface area contributed by atoms with Gasteiger partial charge in [0.2, 0.25) is 5.91 Å². The molecule has 17 atom stereocenters. The van der Waals surface area contributed by atoms with Crippen LogP contribution in [0.4, 0.5) is 0 Å². The molecule has 19 heteroatoms. The van der Waals surface area contributed by atoms with Gasteiger partial charge in [0.1, 0.15) is 73.2 Å². The molecule has 0 saturated carbocycles. The molecule has 3 aliphatic heterocycles. The summed E-state index contributed by atoms with van der Waals surface area (Å²) in [6, 6.07) is -0.929. The molecule has 0 radical (unpaired) electrons. The van der Waals surface area contributed by atoms with Gasteiger partial charge in [-0.05, 0) is 77.0 Å². The Kier molecular flexibility index (Phi) is 61.1. The molecule has 3 aliphatic rings. The summed E-state index contributed by atoms with van der Waals surface area (Å²) in [5.41, 5.74) is 0. The average molecular weight is 1510 g/mol. The molecule has 0 aliphatic carbocycles. The van der Waals surface area contributed by atoms with E-state index in [2.05, 4.69) is 122 Å². The van der Waals surface area contributed by atoms with E-state index in [1.807, 2.05) is 6.08 Å². The Morgan fingerprint density at radius 3 is 0.972 bits per heavy atom. The van der Waals surface area contributed by atoms with E-state index in [1.165, 1.54) is 186 Å². The molecule has 0 aromatic rings. The monoisotopic (exact) mass is 1510 g/mol. The maximum atomic E-state index is 13.5. The molecule has 3 heterocycles. The summed E-state index contributed by atoms with van der Waals surface area (Å²) in [6.07, 6.45) is 66.2. The van der Waals surface area contributed by atoms with Crippen molar-refractivity contribution in [2.24, 2.45) is 0 Å². The Morgan fingerprint density at radius 1 is 0.346 bits per heavy atom. The van der Waals surface area contributed by atoms with Gasteiger partial charge in [-0.1, -0.05) is 335 Å². The second-order valence-electron chi connectivity index (χ2n) is 29.9. The highest BCUT2D eigenvalue weighted by atomic mass is 16.8. The molecule has 107 heavy (non-hydrogen) atoms. The Morgan fingerprint density at radius 2 is 0.636 bits per heavy atom. The van der Waals surface area contributed by atoms with Crippen LogP contribution in [0.5, 0.6) is 0 Å². The number of amides is 1. The van der Waals surface area contributed by atoms with Crippen LogP contribution >= 0.6 is 0 Å². The van der Waals surface area contributed by atoms with E-state index in [1.54, 1.807) is 0 Å². The maximum absolute atomic E-state index is 13.5. The number of carbonyl (C=O) groups is 1. The molecule has 19 nitrogen and oxygen atoms in total. The first-order valence-electron chi connectivity index (χ1n) is 42.6. The fourth-order valence-corrected chi connectivity index (χ4v) is 13.8. The summed E-state index contributed by atoms with van der Waals surface area (Å²) >= 11 is 0. The third-order valence-electron chi connectivity index (χ3n) is 20.6. The highest BCUT2D eigenvalue weighted by Crippen LogP contribution is 2.33. The normalized spacial score (nSPS) is 26.1. The van der Waals surface area contributed by atoms with E-state index in [4.69, 9.17) is 28.4 Å². The molecule has 1 amide bonds. The summed E-state index contributed by atoms with van der Waals surface area (Å²) in [6.45, 7) is 1.67. The molecule has 0 aromatic heterocycles. The van der Waals surface area contributed by atoms with E-state index < -0.39 is 124 Å². The third-order valence-corrected chi connectivity index (χ3v) is 20.6. The number of rotatable bonds is 67. The SMILES string of the molecule is CC/C=C\C/C=C\C/C=C\C/C=C\C/C=C\C/C=C\C/C=C\C/C=C\C/C=C\CCCC(=O)NC(COC1OC(CO)C(OC2OC(CO)C(OC3OC(CO)C(O)C(O)C3O)C(O)C2O)C(O)C1O)C(O)CCCCCCCCCCCCCCCCCCCCCCCCCCCCCCCCCCC. The molecule has 0 bridgehead atoms. The molecular formula is C88H153NO18. The van der Waals surface area contributed by atoms with Crippen molar-refractivity contribution in [1.82, 2.24) is 5.32 Å². The summed E-state index contributed by atoms with van der Waals surface area (Å²) in [7, 11) is 0. The zero-order chi connectivity index (χ0) is 77.4. The topological polar surface area (TPSA) is 307 Å². The van der Waals surface area contributed by atoms with Gasteiger partial charge in [0.25, 0.3) is 0 Å². The number of nitrogens with one attached hydrogen (secondary N) is 1. The van der Waals surface area contributed by atoms with Gasteiger partial charge in [0.15, 0.2) is 18.9 Å². The van der Waals surface area contributed by atoms with Crippen molar-refractivity contribution in [3.05, 3.63) is 109 Å². The van der Waals surface area contributed by atoms with Crippen LogP contribution in [0.25, 0.3) is 0 Å². The smallest absolute Gasteiger partial charge is 0.220 e. The quantitative estimate of drug-likeness (QED) is 0.0199. The number of hydrogen-bond donors (Lipinski definition) is 12. The van der Waals surface area contributed by atoms with Crippen molar-refractivity contribution in [3.8, 4) is 0 Å². The van der Waals surface area contributed by atoms with Gasteiger partial charge in [-0.15, -0.1) is 0 Å². The molecule has 618 valence electrons. The van der Waals surface area contributed by atoms with Gasteiger partial charge in [-0.25, -0.2) is 0 Å². The first kappa shape index (κ1) is 97.6. The van der Waals surface area contributed by atoms with Crippen molar-refractivity contribution >= 4 is 5.91 Å². The predicted molar refractivity (Wildman–Crippen MR) is 429 cm³/mol. The van der Waals surface area contributed by atoms with E-state index >= 15 is 0 Å². The van der Waals surface area contributed by atoms with Crippen molar-refractivity contribution in [2.75, 3.05) is 26.4 Å². The zero-order valence-electron chi connectivity index (χ0n) is 66.3. The lowest BCUT2D eigenvalue weighted by Gasteiger charge is -2.48. The van der Waals surface area contributed by atoms with Crippen LogP contribution in [-0.4, -0.2) is 193 Å². The van der Waals surface area contributed by atoms with Crippen molar-refractivity contribution in [1.29, 1.82) is 0 Å². The minimum absolute atomic E-state index is 0.180. The Labute approximate surface area is 646 Å². The average Bonchev–Trinajstić information content (AvgIpc) is 0.781. The highest BCUT2D eigenvalue weighted by Gasteiger charge is 2.54. The van der Waals surface area contributed by atoms with E-state index in [0.29, 0.717) is 25.7 Å². The lowest BCUT2D eigenvalue weighted by Crippen LogP contribution is -2.66. The molecule has 0 spiro atoms. The third kappa shape index (κ3) is 46.3. The van der Waals surface area contributed by atoms with Gasteiger partial charge < -0.3 is 89.9 Å². The summed E-state index contributed by atoms with van der Waals surface area (Å²) in [4.78, 5) is 13.5. The molecule has 3 rings (SSSR count). The number of unbranched alkanes of at least 4 members (excludes halogenated alkanes) is 33. The van der Waals surface area contributed by atoms with Crippen LogP contribution < -0.4 is 5.32 Å². The highest BCUT2D eigenvalue weighted by molar-refractivity contribution is 5.76. The summed E-state index contributed by atoms with van der Waals surface area (Å²) in [5, 5.41) is 121. The van der Waals surface area contributed by atoms with Gasteiger partial charge in [-0.2, -0.15) is 0 Å². The van der Waals surface area contributed by atoms with Crippen LogP contribution in [0.3, 0.4) is 0 Å². The number of aliphatic hydroxyl groups is 11. The largest absolute Gasteiger partial charge is 0.394 e. The second-order valence-corrected chi connectivity index (χ2v) is 29.9. The standard InChI is InChI=1S/C88H153NO18/c1-3-5-7-9-11-13-15-17-19-21-23-25-27-29-31-33-34-35-36-38-39-41-43-45-47-49-51-53-55-57-59-61-63-65-72(93)71(89-76(94)66-64-62-60-58-56-54-52-50-48-46-44-42-40-37-32-30-28-26-24-22-20-18-16-14-12-10-8-6-4-2)70-102-86-82(100)79(97)84(74(68-91)104-86)107-88-83(101)80(98)85(75(69-92)105-88)106-87-81(99)78(96)77(95)73(67-90)103-87/h6,8,12,14,18,20,24,26,30,32,40,42,46,48,52,54,58,60,71-75,77-88,90-93,95-101H,3-5,7,9-11,13,15-17,19,21-23,25,27-29,31,33-39,41,43-45,47,49-51,53,55-57,59,61-70H2,1-2H3,(H,89,94)/b8-6-,14-12-,20-18-,26-24-,32-30-,42-40-,48-46-,54-52-,60-58-. The number of ether oxygens (including phenoxy) is 6. The van der Waals surface area contributed by atoms with Crippen molar-refractivity contribution < 1.29 is 89.4 Å². The van der Waals surface area contributed by atoms with Crippen LogP contribution in [0, 0.1) is 0 Å². The fourth-order valence-electron chi connectivity index (χ4n) is 13.8. The van der Waals surface area contributed by atoms with Gasteiger partial charge in [0.05, 0.1) is 38.6 Å². The van der Waals surface area contributed by atoms with Crippen molar-refractivity contribution in [3.63, 3.8) is 0 Å². The van der Waals surface area contributed by atoms with Crippen LogP contribution in [-0.2, 0) is 33.2 Å². The Bertz CT molecular complexity index is 2360. The minimum atomic E-state index is -1.99. The summed E-state index contributed by atoms with van der Waals surface area (Å²) < 4.78 is 34.5. The first-order valence-corrected chi connectivity index (χ1v) is 42.6. The molecule has 17 unspecified atom stereocenters. The second kappa shape index (κ2) is 67.0. The number of allylic oxidation sites excluding steroid dienone is 18. The van der Waals surface area contributed by atoms with Crippen LogP contribution in [0.1, 0.15) is 309 Å². The van der Waals surface area contributed by atoms with E-state index in [9.17, 15) is 61.0 Å². The molecule has 3 saturated heterocycles. The van der Waals surface area contributed by atoms with Crippen molar-refractivity contribution in [2.45, 2.75) is 413 Å². The van der Waals surface area contributed by atoms with Gasteiger partial charge in [0, 0.05) is 6.42 Å². The minimum Gasteiger partial charge on any atom is -0.394 e. The molecule has 0 aromatic carbocycles. The zero-order valence-corrected chi connectivity index (χ0v) is 66.3. The van der Waals surface area contributed by atoms with Crippen LogP contribution in [0.15, 0.2) is 109 Å². The Hall–Kier alpha value is -3.55. The Balaban J connectivity index is 1.37. The molecular weight excluding hydrogens is 1360 g/mol. The lowest BCUT2D eigenvalue weighted by molar-refractivity contribution is -0.379. The van der Waals surface area contributed by atoms with Gasteiger partial charge >= 0.3 is 0 Å². The van der Waals surface area contributed by atoms with E-state index in [-0.39, 0.29) is 18.9 Å². The predicted octanol–water partition coefficient (Wildman–Crippen LogP) is 15.3. The summed E-state index contributed by atoms with van der Waals surface area (Å²) in [5.74, 6) is -0.301. The molecule has 12 N–H and O–H groups in total. The number of hydrogen-bond acceptors (Lipinski definition) is 18. The maximum Gasteiger partial charge on any atom is 0.220 e. The number of carbonyl (C=O) groups excluding carboxylic acids is 1. The fraction of sp³-hybridized carbons (Fsp3) is 0.784. The lowest BCUT2D eigenvalue weighted by atomic mass is 9.96. The van der Waals surface area contributed by atoms with Crippen LogP contribution in [0.2, 0.25) is 0 Å². The number of aliphatic hydroxyl groups excluding tert-OH is 11.